The van der Waals surface area contributed by atoms with E-state index in [1.807, 2.05) is 17.5 Å². The number of amides is 1. The molecule has 0 spiro atoms. The highest BCUT2D eigenvalue weighted by molar-refractivity contribution is 7.12. The third-order valence-corrected chi connectivity index (χ3v) is 4.77. The number of thiophene rings is 1. The summed E-state index contributed by atoms with van der Waals surface area (Å²) in [5.74, 6) is 0.171. The Bertz CT molecular complexity index is 870. The van der Waals surface area contributed by atoms with Gasteiger partial charge in [-0.1, -0.05) is 18.2 Å². The highest BCUT2D eigenvalue weighted by Gasteiger charge is 2.34. The molecule has 0 aliphatic carbocycles. The Morgan fingerprint density at radius 2 is 2.04 bits per heavy atom. The molecule has 1 amide bonds. The van der Waals surface area contributed by atoms with E-state index in [2.05, 4.69) is 5.10 Å². The minimum Gasteiger partial charge on any atom is -0.463 e. The molecule has 3 heterocycles. The number of carbonyl (C=O) groups excluding carboxylic acids is 1. The molecule has 0 saturated heterocycles. The summed E-state index contributed by atoms with van der Waals surface area (Å²) < 4.78 is 18.6. The van der Waals surface area contributed by atoms with Crippen molar-refractivity contribution in [3.63, 3.8) is 0 Å². The maximum atomic E-state index is 13.2. The van der Waals surface area contributed by atoms with Crippen LogP contribution in [0.1, 0.15) is 33.5 Å². The zero-order valence-corrected chi connectivity index (χ0v) is 13.4. The summed E-state index contributed by atoms with van der Waals surface area (Å²) in [4.78, 5) is 13.4. The summed E-state index contributed by atoms with van der Waals surface area (Å²) in [6.07, 6.45) is 2.10. The van der Waals surface area contributed by atoms with Crippen molar-refractivity contribution in [2.24, 2.45) is 5.10 Å². The van der Waals surface area contributed by atoms with Crippen LogP contribution in [0.5, 0.6) is 0 Å². The molecule has 1 aliphatic heterocycles. The maximum Gasteiger partial charge on any atom is 0.284 e. The van der Waals surface area contributed by atoms with Crippen molar-refractivity contribution in [3.8, 4) is 0 Å². The fourth-order valence-electron chi connectivity index (χ4n) is 2.75. The molecule has 1 aliphatic rings. The van der Waals surface area contributed by atoms with Gasteiger partial charge in [0, 0.05) is 6.42 Å². The Hall–Kier alpha value is -2.73. The van der Waals surface area contributed by atoms with E-state index in [1.165, 1.54) is 28.5 Å². The van der Waals surface area contributed by atoms with Crippen LogP contribution in [0.2, 0.25) is 0 Å². The molecule has 0 bridgehead atoms. The van der Waals surface area contributed by atoms with E-state index in [9.17, 15) is 9.18 Å². The van der Waals surface area contributed by atoms with Gasteiger partial charge >= 0.3 is 0 Å². The van der Waals surface area contributed by atoms with Crippen LogP contribution in [0.15, 0.2) is 69.7 Å². The number of hydrazone groups is 1. The number of benzene rings is 1. The lowest BCUT2D eigenvalue weighted by Crippen LogP contribution is -2.26. The average Bonchev–Trinajstić information content (AvgIpc) is 3.34. The lowest BCUT2D eigenvalue weighted by atomic mass is 10.0. The molecule has 1 aromatic carbocycles. The molecule has 0 saturated carbocycles. The molecule has 24 heavy (non-hydrogen) atoms. The second-order valence-corrected chi connectivity index (χ2v) is 6.37. The van der Waals surface area contributed by atoms with Crippen molar-refractivity contribution in [2.75, 3.05) is 0 Å². The average molecular weight is 340 g/mol. The molecule has 4 nitrogen and oxygen atoms in total. The summed E-state index contributed by atoms with van der Waals surface area (Å²) in [6, 6.07) is 13.1. The van der Waals surface area contributed by atoms with Crippen LogP contribution >= 0.6 is 11.3 Å². The first kappa shape index (κ1) is 14.8. The van der Waals surface area contributed by atoms with Crippen LogP contribution < -0.4 is 0 Å². The summed E-state index contributed by atoms with van der Waals surface area (Å²) in [7, 11) is 0. The predicted octanol–water partition coefficient (Wildman–Crippen LogP) is 4.47. The largest absolute Gasteiger partial charge is 0.463 e. The maximum absolute atomic E-state index is 13.2. The molecule has 0 fully saturated rings. The molecule has 120 valence electrons. The molecular formula is C18H13FN2O2S. The third kappa shape index (κ3) is 2.65. The molecule has 1 atom stereocenters. The van der Waals surface area contributed by atoms with E-state index in [4.69, 9.17) is 4.42 Å². The second-order valence-electron chi connectivity index (χ2n) is 5.42. The lowest BCUT2D eigenvalue weighted by molar-refractivity contribution is 0.0716. The minimum absolute atomic E-state index is 0.166. The van der Waals surface area contributed by atoms with Gasteiger partial charge in [-0.3, -0.25) is 4.79 Å². The van der Waals surface area contributed by atoms with Gasteiger partial charge in [-0.25, -0.2) is 9.40 Å². The number of nitrogens with zero attached hydrogens (tertiary/aromatic N) is 2. The molecule has 0 radical (unpaired) electrons. The number of rotatable bonds is 3. The van der Waals surface area contributed by atoms with Crippen LogP contribution in [0.25, 0.3) is 0 Å². The van der Waals surface area contributed by atoms with Crippen LogP contribution in [-0.2, 0) is 0 Å². The van der Waals surface area contributed by atoms with Gasteiger partial charge in [-0.05, 0) is 41.3 Å². The highest BCUT2D eigenvalue weighted by atomic mass is 32.1. The fraction of sp³-hybridized carbons (Fsp3) is 0.111. The van der Waals surface area contributed by atoms with Crippen molar-refractivity contribution >= 4 is 23.0 Å². The normalized spacial score (nSPS) is 17.1. The molecule has 2 aromatic heterocycles. The van der Waals surface area contributed by atoms with Crippen molar-refractivity contribution < 1.29 is 13.6 Å². The Morgan fingerprint density at radius 3 is 2.71 bits per heavy atom. The van der Waals surface area contributed by atoms with Gasteiger partial charge in [-0.2, -0.15) is 5.10 Å². The summed E-state index contributed by atoms with van der Waals surface area (Å²) in [6.45, 7) is 0. The van der Waals surface area contributed by atoms with Gasteiger partial charge in [0.15, 0.2) is 0 Å². The second kappa shape index (κ2) is 6.05. The quantitative estimate of drug-likeness (QED) is 0.706. The first-order valence-corrected chi connectivity index (χ1v) is 8.34. The van der Waals surface area contributed by atoms with Gasteiger partial charge in [0.25, 0.3) is 5.91 Å². The summed E-state index contributed by atoms with van der Waals surface area (Å²) in [5.41, 5.74) is 1.55. The third-order valence-electron chi connectivity index (χ3n) is 3.91. The number of furan rings is 1. The van der Waals surface area contributed by atoms with E-state index >= 15 is 0 Å². The Morgan fingerprint density at radius 1 is 1.21 bits per heavy atom. The van der Waals surface area contributed by atoms with E-state index in [1.54, 1.807) is 30.5 Å². The predicted molar refractivity (Wildman–Crippen MR) is 89.5 cm³/mol. The van der Waals surface area contributed by atoms with Gasteiger partial charge in [0.2, 0.25) is 0 Å². The molecular weight excluding hydrogens is 327 g/mol. The first-order chi connectivity index (χ1) is 11.7. The zero-order valence-electron chi connectivity index (χ0n) is 12.6. The molecule has 0 unspecified atom stereocenters. The smallest absolute Gasteiger partial charge is 0.284 e. The minimum atomic E-state index is -0.306. The Balaban J connectivity index is 1.72. The van der Waals surface area contributed by atoms with Crippen LogP contribution in [0.3, 0.4) is 0 Å². The molecule has 3 aromatic rings. The van der Waals surface area contributed by atoms with E-state index in [0.29, 0.717) is 22.8 Å². The zero-order chi connectivity index (χ0) is 16.5. The SMILES string of the molecule is O=C(c1cccs1)N1N=C(c2ccco2)C[C@H]1c1ccc(F)cc1. The molecule has 6 heteroatoms. The van der Waals surface area contributed by atoms with Crippen molar-refractivity contribution in [2.45, 2.75) is 12.5 Å². The van der Waals surface area contributed by atoms with E-state index in [-0.39, 0.29) is 17.8 Å². The van der Waals surface area contributed by atoms with Gasteiger partial charge < -0.3 is 4.42 Å². The number of hydrogen-bond acceptors (Lipinski definition) is 4. The fourth-order valence-corrected chi connectivity index (χ4v) is 3.40. The van der Waals surface area contributed by atoms with Crippen LogP contribution in [-0.4, -0.2) is 16.6 Å². The Labute approximate surface area is 141 Å². The van der Waals surface area contributed by atoms with Gasteiger partial charge in [-0.15, -0.1) is 11.3 Å². The number of carbonyl (C=O) groups is 1. The van der Waals surface area contributed by atoms with Crippen molar-refractivity contribution in [3.05, 3.63) is 82.2 Å². The van der Waals surface area contributed by atoms with Crippen LogP contribution in [0.4, 0.5) is 4.39 Å². The topological polar surface area (TPSA) is 45.8 Å². The van der Waals surface area contributed by atoms with Gasteiger partial charge in [0.05, 0.1) is 17.2 Å². The highest BCUT2D eigenvalue weighted by Crippen LogP contribution is 2.34. The number of halogens is 1. The van der Waals surface area contributed by atoms with E-state index < -0.39 is 0 Å². The van der Waals surface area contributed by atoms with E-state index in [0.717, 1.165) is 5.56 Å². The monoisotopic (exact) mass is 340 g/mol. The van der Waals surface area contributed by atoms with Gasteiger partial charge in [0.1, 0.15) is 17.3 Å². The molecule has 0 N–H and O–H groups in total. The van der Waals surface area contributed by atoms with Crippen molar-refractivity contribution in [1.29, 1.82) is 0 Å². The lowest BCUT2D eigenvalue weighted by Gasteiger charge is -2.21. The standard InChI is InChI=1S/C18H13FN2O2S/c19-13-7-5-12(6-8-13)15-11-14(16-3-1-9-23-16)20-21(15)18(22)17-4-2-10-24-17/h1-10,15H,11H2/t15-/m0/s1. The first-order valence-electron chi connectivity index (χ1n) is 7.46. The Kier molecular flexibility index (Phi) is 3.74. The van der Waals surface area contributed by atoms with Crippen molar-refractivity contribution in [1.82, 2.24) is 5.01 Å². The summed E-state index contributed by atoms with van der Waals surface area (Å²) >= 11 is 1.37. The number of hydrogen-bond donors (Lipinski definition) is 0. The summed E-state index contributed by atoms with van der Waals surface area (Å²) in [5, 5.41) is 7.81. The van der Waals surface area contributed by atoms with Crippen LogP contribution in [0, 0.1) is 5.82 Å². The molecule has 4 rings (SSSR count).